The van der Waals surface area contributed by atoms with E-state index in [0.717, 1.165) is 23.7 Å². The summed E-state index contributed by atoms with van der Waals surface area (Å²) in [5.41, 5.74) is 0. The first kappa shape index (κ1) is 25.0. The Hall–Kier alpha value is 0. The molecule has 0 heteroatoms. The van der Waals surface area contributed by atoms with Gasteiger partial charge in [0.25, 0.3) is 0 Å². The van der Waals surface area contributed by atoms with Crippen molar-refractivity contribution in [1.29, 1.82) is 0 Å². The Kier molecular flexibility index (Phi) is 15.7. The molecule has 0 heterocycles. The number of hydrogen-bond acceptors (Lipinski definition) is 0. The van der Waals surface area contributed by atoms with Gasteiger partial charge in [-0.1, -0.05) is 130 Å². The van der Waals surface area contributed by atoms with Crippen molar-refractivity contribution in [3.63, 3.8) is 0 Å². The second-order valence-electron chi connectivity index (χ2n) is 10.3. The van der Waals surface area contributed by atoms with Crippen molar-refractivity contribution in [3.05, 3.63) is 0 Å². The van der Waals surface area contributed by atoms with Gasteiger partial charge < -0.3 is 0 Å². The standard InChI is InChI=1S/C27H54/c1-5-6-7-8-9-10-11-12-13-14-15-16-17-18-19-20-21-27-25(3)22-24(2)23-26(27)4/h24-27H,5-23H2,1-4H3. The fourth-order valence-electron chi connectivity index (χ4n) is 5.77. The zero-order chi connectivity index (χ0) is 19.7. The average molecular weight is 379 g/mol. The van der Waals surface area contributed by atoms with Crippen LogP contribution in [0.15, 0.2) is 0 Å². The van der Waals surface area contributed by atoms with E-state index in [1.807, 2.05) is 0 Å². The summed E-state index contributed by atoms with van der Waals surface area (Å²) in [6, 6.07) is 0. The van der Waals surface area contributed by atoms with Gasteiger partial charge in [0.05, 0.1) is 0 Å². The van der Waals surface area contributed by atoms with Crippen LogP contribution in [0.25, 0.3) is 0 Å². The fraction of sp³-hybridized carbons (Fsp3) is 1.00. The van der Waals surface area contributed by atoms with E-state index in [2.05, 4.69) is 27.7 Å². The number of rotatable bonds is 17. The monoisotopic (exact) mass is 378 g/mol. The molecular formula is C27H54. The Balaban J connectivity index is 1.79. The van der Waals surface area contributed by atoms with Gasteiger partial charge in [-0.15, -0.1) is 0 Å². The van der Waals surface area contributed by atoms with Gasteiger partial charge in [-0.05, 0) is 42.9 Å². The molecule has 0 saturated heterocycles. The molecule has 1 saturated carbocycles. The smallest absolute Gasteiger partial charge is 0.0362 e. The van der Waals surface area contributed by atoms with Crippen LogP contribution in [-0.2, 0) is 0 Å². The zero-order valence-corrected chi connectivity index (χ0v) is 19.7. The number of unbranched alkanes of at least 4 members (excludes halogenated alkanes) is 15. The topological polar surface area (TPSA) is 0 Å². The molecule has 1 aliphatic rings. The molecule has 162 valence electrons. The lowest BCUT2D eigenvalue weighted by Gasteiger charge is -2.38. The summed E-state index contributed by atoms with van der Waals surface area (Å²) in [7, 11) is 0. The molecule has 0 nitrogen and oxygen atoms in total. The molecule has 0 aromatic heterocycles. The second-order valence-corrected chi connectivity index (χ2v) is 10.3. The van der Waals surface area contributed by atoms with Crippen molar-refractivity contribution < 1.29 is 0 Å². The molecule has 0 aromatic rings. The molecule has 0 bridgehead atoms. The molecule has 2 atom stereocenters. The van der Waals surface area contributed by atoms with E-state index in [9.17, 15) is 0 Å². The van der Waals surface area contributed by atoms with Gasteiger partial charge in [-0.25, -0.2) is 0 Å². The van der Waals surface area contributed by atoms with E-state index in [-0.39, 0.29) is 0 Å². The van der Waals surface area contributed by atoms with E-state index in [1.165, 1.54) is 122 Å². The highest BCUT2D eigenvalue weighted by Gasteiger charge is 2.30. The Labute approximate surface area is 173 Å². The lowest BCUT2D eigenvalue weighted by Crippen LogP contribution is -2.28. The molecule has 0 spiro atoms. The highest BCUT2D eigenvalue weighted by Crippen LogP contribution is 2.40. The molecule has 2 unspecified atom stereocenters. The summed E-state index contributed by atoms with van der Waals surface area (Å²) >= 11 is 0. The zero-order valence-electron chi connectivity index (χ0n) is 19.7. The summed E-state index contributed by atoms with van der Waals surface area (Å²) in [5.74, 6) is 3.94. The maximum absolute atomic E-state index is 2.52. The van der Waals surface area contributed by atoms with Crippen LogP contribution >= 0.6 is 0 Å². The maximum Gasteiger partial charge on any atom is -0.0362 e. The van der Waals surface area contributed by atoms with Crippen molar-refractivity contribution in [2.45, 2.75) is 150 Å². The molecule has 1 fully saturated rings. The van der Waals surface area contributed by atoms with Crippen LogP contribution in [0.2, 0.25) is 0 Å². The van der Waals surface area contributed by atoms with E-state index in [4.69, 9.17) is 0 Å². The van der Waals surface area contributed by atoms with Gasteiger partial charge in [0.2, 0.25) is 0 Å². The van der Waals surface area contributed by atoms with Crippen molar-refractivity contribution >= 4 is 0 Å². The van der Waals surface area contributed by atoms with Crippen molar-refractivity contribution in [1.82, 2.24) is 0 Å². The minimum absolute atomic E-state index is 0.969. The second kappa shape index (κ2) is 16.9. The fourth-order valence-corrected chi connectivity index (χ4v) is 5.77. The maximum atomic E-state index is 2.52. The predicted octanol–water partition coefficient (Wildman–Crippen LogP) is 9.96. The van der Waals surface area contributed by atoms with Crippen LogP contribution in [0.4, 0.5) is 0 Å². The SMILES string of the molecule is CCCCCCCCCCCCCCCCCCC1C(C)CC(C)CC1C. The van der Waals surface area contributed by atoms with Gasteiger partial charge in [0, 0.05) is 0 Å². The van der Waals surface area contributed by atoms with Crippen molar-refractivity contribution in [2.24, 2.45) is 23.7 Å². The van der Waals surface area contributed by atoms with Crippen LogP contribution in [0.3, 0.4) is 0 Å². The van der Waals surface area contributed by atoms with E-state index in [0.29, 0.717) is 0 Å². The summed E-state index contributed by atoms with van der Waals surface area (Å²) in [5, 5.41) is 0. The van der Waals surface area contributed by atoms with Gasteiger partial charge in [-0.3, -0.25) is 0 Å². The van der Waals surface area contributed by atoms with Crippen molar-refractivity contribution in [3.8, 4) is 0 Å². The van der Waals surface area contributed by atoms with Gasteiger partial charge in [-0.2, -0.15) is 0 Å². The largest absolute Gasteiger partial charge is 0.0654 e. The van der Waals surface area contributed by atoms with Crippen LogP contribution in [-0.4, -0.2) is 0 Å². The summed E-state index contributed by atoms with van der Waals surface area (Å²) in [6.45, 7) is 9.79. The Morgan fingerprint density at radius 3 is 1.19 bits per heavy atom. The number of hydrogen-bond donors (Lipinski definition) is 0. The third-order valence-electron chi connectivity index (χ3n) is 7.40. The first-order valence-electron chi connectivity index (χ1n) is 13.1. The molecule has 0 N–H and O–H groups in total. The third kappa shape index (κ3) is 13.0. The van der Waals surface area contributed by atoms with E-state index >= 15 is 0 Å². The lowest BCUT2D eigenvalue weighted by atomic mass is 9.68. The van der Waals surface area contributed by atoms with Crippen LogP contribution in [0.5, 0.6) is 0 Å². The first-order valence-corrected chi connectivity index (χ1v) is 13.1. The first-order chi connectivity index (χ1) is 13.1. The quantitative estimate of drug-likeness (QED) is 0.221. The molecule has 0 aromatic carbocycles. The molecule has 1 rings (SSSR count). The Morgan fingerprint density at radius 1 is 0.481 bits per heavy atom. The predicted molar refractivity (Wildman–Crippen MR) is 124 cm³/mol. The molecule has 1 aliphatic carbocycles. The van der Waals surface area contributed by atoms with Crippen LogP contribution < -0.4 is 0 Å². The van der Waals surface area contributed by atoms with Gasteiger partial charge in [0.1, 0.15) is 0 Å². The molecular weight excluding hydrogens is 324 g/mol. The Morgan fingerprint density at radius 2 is 0.815 bits per heavy atom. The minimum atomic E-state index is 0.969. The summed E-state index contributed by atoms with van der Waals surface area (Å²) in [4.78, 5) is 0. The Bertz CT molecular complexity index is 295. The minimum Gasteiger partial charge on any atom is -0.0654 e. The van der Waals surface area contributed by atoms with Gasteiger partial charge >= 0.3 is 0 Å². The molecule has 0 aliphatic heterocycles. The van der Waals surface area contributed by atoms with Gasteiger partial charge in [0.15, 0.2) is 0 Å². The van der Waals surface area contributed by atoms with E-state index < -0.39 is 0 Å². The van der Waals surface area contributed by atoms with Crippen LogP contribution in [0, 0.1) is 23.7 Å². The highest BCUT2D eigenvalue weighted by atomic mass is 14.4. The third-order valence-corrected chi connectivity index (χ3v) is 7.40. The van der Waals surface area contributed by atoms with E-state index in [1.54, 1.807) is 0 Å². The van der Waals surface area contributed by atoms with Crippen molar-refractivity contribution in [2.75, 3.05) is 0 Å². The summed E-state index contributed by atoms with van der Waals surface area (Å²) < 4.78 is 0. The summed E-state index contributed by atoms with van der Waals surface area (Å²) in [6.07, 6.45) is 28.1. The highest BCUT2D eigenvalue weighted by molar-refractivity contribution is 4.80. The molecule has 0 amide bonds. The lowest BCUT2D eigenvalue weighted by molar-refractivity contribution is 0.124. The van der Waals surface area contributed by atoms with Crippen LogP contribution in [0.1, 0.15) is 150 Å². The molecule has 27 heavy (non-hydrogen) atoms. The molecule has 0 radical (unpaired) electrons. The average Bonchev–Trinajstić information content (AvgIpc) is 2.63. The normalized spacial score (nSPS) is 25.8.